The number of benzene rings is 3. The second-order valence-corrected chi connectivity index (χ2v) is 8.55. The molecule has 0 aliphatic carbocycles. The molecule has 3 aromatic carbocycles. The minimum absolute atomic E-state index is 0. The van der Waals surface area contributed by atoms with Gasteiger partial charge in [0.1, 0.15) is 5.58 Å². The summed E-state index contributed by atoms with van der Waals surface area (Å²) in [5, 5.41) is 1.68. The third kappa shape index (κ3) is 5.37. The van der Waals surface area contributed by atoms with Crippen molar-refractivity contribution in [2.24, 2.45) is 0 Å². The van der Waals surface area contributed by atoms with E-state index in [1.54, 1.807) is 24.3 Å². The van der Waals surface area contributed by atoms with Crippen LogP contribution in [0, 0.1) is 32.7 Å². The molecule has 39 heavy (non-hydrogen) atoms. The molecule has 4 aromatic heterocycles. The first kappa shape index (κ1) is 17.4. The minimum Gasteiger partial charge on any atom is -0.499 e. The van der Waals surface area contributed by atoms with Crippen LogP contribution < -0.4 is 0 Å². The van der Waals surface area contributed by atoms with Crippen LogP contribution in [0.1, 0.15) is 29.0 Å². The van der Waals surface area contributed by atoms with Gasteiger partial charge < -0.3 is 14.4 Å². The molecular weight excluding hydrogens is 659 g/mol. The fourth-order valence-electron chi connectivity index (χ4n) is 4.14. The first-order valence-electron chi connectivity index (χ1n) is 16.3. The molecule has 193 valence electrons. The molecule has 5 heteroatoms. The Morgan fingerprint density at radius 2 is 1.64 bits per heavy atom. The standard InChI is InChI=1S/C22H15N2O.C12H10N.Ir/c1-13-10-19(23-12-14(13)2)16-7-5-8-17-21-20(25-22(16)17)11-15-6-3-4-9-18(15)24-21;1-10-7-8-12(13-9-10)11-5-3-2-4-6-11;/h3-6,8-12H,1-2H3;2-5,7-9H,1H3;/q2*-1;/i1D3,2D3;1D3;. The van der Waals surface area contributed by atoms with E-state index in [2.05, 4.69) is 22.1 Å². The SMILES string of the molecule is [2H]C([2H])([2H])c1ccc(-c2[c-]cccc2)nc1.[2H]C([2H])([2H])c1cnc(-c2[c-]ccc3c2oc2cc4ccccc4nc23)cc1C([2H])([2H])[2H].[Ir]. The van der Waals surface area contributed by atoms with Gasteiger partial charge in [-0.25, -0.2) is 4.98 Å². The van der Waals surface area contributed by atoms with Crippen LogP contribution in [0.4, 0.5) is 0 Å². The monoisotopic (exact) mass is 693 g/mol. The Kier molecular flexibility index (Phi) is 5.04. The molecular formula is C34H25IrN3O-2. The second kappa shape index (κ2) is 11.3. The third-order valence-electron chi connectivity index (χ3n) is 6.01. The average molecular weight is 693 g/mol. The van der Waals surface area contributed by atoms with Crippen LogP contribution in [0.3, 0.4) is 0 Å². The zero-order valence-electron chi connectivity index (χ0n) is 29.3. The molecule has 0 spiro atoms. The number of hydrogen-bond donors (Lipinski definition) is 0. The molecule has 7 aromatic rings. The summed E-state index contributed by atoms with van der Waals surface area (Å²) in [5.41, 5.74) is 4.58. The van der Waals surface area contributed by atoms with Crippen molar-refractivity contribution < 1.29 is 36.9 Å². The number of nitrogens with zero attached hydrogens (tertiary/aromatic N) is 3. The quantitative estimate of drug-likeness (QED) is 0.171. The van der Waals surface area contributed by atoms with Crippen molar-refractivity contribution in [2.75, 3.05) is 0 Å². The Morgan fingerprint density at radius 3 is 2.44 bits per heavy atom. The van der Waals surface area contributed by atoms with Gasteiger partial charge in [-0.05, 0) is 60.6 Å². The van der Waals surface area contributed by atoms with E-state index in [0.717, 1.165) is 33.7 Å². The van der Waals surface area contributed by atoms with Crippen molar-refractivity contribution in [3.63, 3.8) is 0 Å². The molecule has 0 aliphatic heterocycles. The van der Waals surface area contributed by atoms with E-state index >= 15 is 0 Å². The maximum absolute atomic E-state index is 7.80. The van der Waals surface area contributed by atoms with Gasteiger partial charge in [0, 0.05) is 50.2 Å². The van der Waals surface area contributed by atoms with Crippen molar-refractivity contribution in [3.8, 4) is 22.5 Å². The van der Waals surface area contributed by atoms with Crippen molar-refractivity contribution in [2.45, 2.75) is 20.6 Å². The number of para-hydroxylation sites is 1. The van der Waals surface area contributed by atoms with Gasteiger partial charge in [-0.3, -0.25) is 0 Å². The van der Waals surface area contributed by atoms with Crippen LogP contribution in [0.25, 0.3) is 55.5 Å². The Bertz CT molecular complexity index is 2210. The van der Waals surface area contributed by atoms with Gasteiger partial charge in [-0.1, -0.05) is 47.5 Å². The molecule has 0 unspecified atom stereocenters. The van der Waals surface area contributed by atoms with Gasteiger partial charge in [-0.15, -0.1) is 54.1 Å². The van der Waals surface area contributed by atoms with E-state index in [-0.39, 0.29) is 42.5 Å². The molecule has 4 nitrogen and oxygen atoms in total. The van der Waals surface area contributed by atoms with Gasteiger partial charge in [0.2, 0.25) is 0 Å². The zero-order valence-corrected chi connectivity index (χ0v) is 22.7. The molecule has 7 rings (SSSR count). The molecule has 0 bridgehead atoms. The minimum atomic E-state index is -2.61. The normalized spacial score (nSPS) is 15.1. The molecule has 0 aliphatic rings. The van der Waals surface area contributed by atoms with Crippen molar-refractivity contribution in [3.05, 3.63) is 126 Å². The van der Waals surface area contributed by atoms with Crippen molar-refractivity contribution >= 4 is 33.0 Å². The maximum Gasteiger partial charge on any atom is 0.140 e. The van der Waals surface area contributed by atoms with Crippen LogP contribution in [0.15, 0.2) is 102 Å². The number of aromatic nitrogens is 3. The maximum atomic E-state index is 7.80. The molecule has 0 amide bonds. The van der Waals surface area contributed by atoms with E-state index < -0.39 is 20.6 Å². The number of hydrogen-bond acceptors (Lipinski definition) is 4. The fourth-order valence-corrected chi connectivity index (χ4v) is 4.14. The summed E-state index contributed by atoms with van der Waals surface area (Å²) in [6, 6.07) is 31.2. The molecule has 0 N–H and O–H groups in total. The predicted molar refractivity (Wildman–Crippen MR) is 154 cm³/mol. The second-order valence-electron chi connectivity index (χ2n) is 8.55. The number of aryl methyl sites for hydroxylation is 3. The summed E-state index contributed by atoms with van der Waals surface area (Å²) >= 11 is 0. The van der Waals surface area contributed by atoms with Crippen molar-refractivity contribution in [1.29, 1.82) is 0 Å². The molecule has 0 atom stereocenters. The smallest absolute Gasteiger partial charge is 0.140 e. The molecule has 0 saturated carbocycles. The summed E-state index contributed by atoms with van der Waals surface area (Å²) in [6.07, 6.45) is 2.50. The number of rotatable bonds is 2. The molecule has 0 saturated heterocycles. The van der Waals surface area contributed by atoms with Crippen molar-refractivity contribution in [1.82, 2.24) is 15.0 Å². The fraction of sp³-hybridized carbons (Fsp3) is 0.0882. The Morgan fingerprint density at radius 1 is 0.769 bits per heavy atom. The number of pyridine rings is 3. The first-order valence-corrected chi connectivity index (χ1v) is 11.8. The van der Waals surface area contributed by atoms with Gasteiger partial charge >= 0.3 is 0 Å². The first-order chi connectivity index (χ1) is 22.2. The third-order valence-corrected chi connectivity index (χ3v) is 6.01. The Labute approximate surface area is 253 Å². The average Bonchev–Trinajstić information content (AvgIpc) is 3.40. The van der Waals surface area contributed by atoms with E-state index in [4.69, 9.17) is 21.7 Å². The van der Waals surface area contributed by atoms with E-state index in [1.807, 2.05) is 54.6 Å². The Balaban J connectivity index is 0.000000224. The van der Waals surface area contributed by atoms with Crippen LogP contribution in [0.2, 0.25) is 0 Å². The Hall–Kier alpha value is -4.18. The summed E-state index contributed by atoms with van der Waals surface area (Å²) in [4.78, 5) is 13.1. The van der Waals surface area contributed by atoms with E-state index in [0.29, 0.717) is 22.2 Å². The predicted octanol–water partition coefficient (Wildman–Crippen LogP) is 8.47. The topological polar surface area (TPSA) is 51.8 Å². The van der Waals surface area contributed by atoms with Gasteiger partial charge in [0.05, 0.1) is 16.6 Å². The summed E-state index contributed by atoms with van der Waals surface area (Å²) < 4.78 is 74.1. The molecule has 1 radical (unpaired) electrons. The van der Waals surface area contributed by atoms with Gasteiger partial charge in [-0.2, -0.15) is 0 Å². The zero-order chi connectivity index (χ0) is 33.6. The van der Waals surface area contributed by atoms with Crippen LogP contribution in [0.5, 0.6) is 0 Å². The van der Waals surface area contributed by atoms with Crippen LogP contribution >= 0.6 is 0 Å². The largest absolute Gasteiger partial charge is 0.499 e. The van der Waals surface area contributed by atoms with E-state index in [1.165, 1.54) is 12.3 Å². The van der Waals surface area contributed by atoms with Gasteiger partial charge in [0.25, 0.3) is 0 Å². The van der Waals surface area contributed by atoms with Crippen LogP contribution in [-0.4, -0.2) is 15.0 Å². The number of fused-ring (bicyclic) bond motifs is 4. The van der Waals surface area contributed by atoms with E-state index in [9.17, 15) is 0 Å². The molecule has 4 heterocycles. The van der Waals surface area contributed by atoms with Gasteiger partial charge in [0.15, 0.2) is 0 Å². The van der Waals surface area contributed by atoms with Crippen LogP contribution in [-0.2, 0) is 20.1 Å². The number of furan rings is 1. The molecule has 0 fully saturated rings. The summed E-state index contributed by atoms with van der Waals surface area (Å²) in [6.45, 7) is -7.29. The summed E-state index contributed by atoms with van der Waals surface area (Å²) in [5.74, 6) is 0. The summed E-state index contributed by atoms with van der Waals surface area (Å²) in [7, 11) is 0.